The number of nitro groups is 1. The molecule has 1 aromatic heterocycles. The Morgan fingerprint density at radius 2 is 1.88 bits per heavy atom. The largest absolute Gasteiger partial charge is 0.309 e. The molecule has 3 rings (SSSR count). The molecule has 0 saturated carbocycles. The van der Waals surface area contributed by atoms with E-state index in [4.69, 9.17) is 5.84 Å². The Bertz CT molecular complexity index is 908. The number of nitro benzene ring substituents is 1. The van der Waals surface area contributed by atoms with E-state index in [1.165, 1.54) is 6.07 Å². The second-order valence-corrected chi connectivity index (χ2v) is 6.28. The van der Waals surface area contributed by atoms with Crippen molar-refractivity contribution in [1.82, 2.24) is 4.98 Å². The van der Waals surface area contributed by atoms with E-state index < -0.39 is 0 Å². The predicted molar refractivity (Wildman–Crippen MR) is 96.9 cm³/mol. The van der Waals surface area contributed by atoms with Crippen molar-refractivity contribution in [3.8, 4) is 0 Å². The summed E-state index contributed by atoms with van der Waals surface area (Å²) in [6.07, 6.45) is 0.898. The molecule has 124 valence electrons. The first-order valence-corrected chi connectivity index (χ1v) is 7.97. The van der Waals surface area contributed by atoms with Crippen molar-refractivity contribution < 1.29 is 4.92 Å². The molecular weight excluding hydrogens is 304 g/mol. The fourth-order valence-corrected chi connectivity index (χ4v) is 2.86. The van der Waals surface area contributed by atoms with E-state index in [1.54, 1.807) is 17.1 Å². The zero-order valence-electron chi connectivity index (χ0n) is 13.8. The summed E-state index contributed by atoms with van der Waals surface area (Å²) < 4.78 is 0. The van der Waals surface area contributed by atoms with Gasteiger partial charge >= 0.3 is 0 Å². The summed E-state index contributed by atoms with van der Waals surface area (Å²) in [7, 11) is 0. The van der Waals surface area contributed by atoms with Crippen LogP contribution in [0.2, 0.25) is 0 Å². The van der Waals surface area contributed by atoms with Crippen molar-refractivity contribution in [2.24, 2.45) is 11.8 Å². The number of rotatable bonds is 5. The second kappa shape index (κ2) is 6.41. The molecule has 0 fully saturated rings. The van der Waals surface area contributed by atoms with Crippen molar-refractivity contribution in [3.05, 3.63) is 52.6 Å². The minimum absolute atomic E-state index is 0.0285. The van der Waals surface area contributed by atoms with Crippen LogP contribution in [-0.4, -0.2) is 16.5 Å². The lowest BCUT2D eigenvalue weighted by Gasteiger charge is -2.23. The number of hydrazine groups is 1. The first kappa shape index (κ1) is 16.1. The maximum Gasteiger partial charge on any atom is 0.280 e. The third kappa shape index (κ3) is 2.88. The van der Waals surface area contributed by atoms with E-state index >= 15 is 0 Å². The molecule has 0 saturated heterocycles. The molecule has 0 aliphatic carbocycles. The van der Waals surface area contributed by atoms with Gasteiger partial charge in [0.1, 0.15) is 5.39 Å². The van der Waals surface area contributed by atoms with E-state index in [2.05, 4.69) is 18.8 Å². The van der Waals surface area contributed by atoms with E-state index in [1.807, 2.05) is 24.3 Å². The van der Waals surface area contributed by atoms with Gasteiger partial charge in [0.25, 0.3) is 5.69 Å². The standard InChI is InChI=1S/C18H20N4O2/c1-12(2)10-11-21(19)18-13-6-3-4-7-14(13)20-15-8-5-9-16(17(15)18)22(23)24/h3-9,12H,10-11,19H2,1-2H3. The number of hydrogen-bond acceptors (Lipinski definition) is 5. The van der Waals surface area contributed by atoms with Crippen LogP contribution in [0.4, 0.5) is 11.4 Å². The Hall–Kier alpha value is -2.73. The van der Waals surface area contributed by atoms with Gasteiger partial charge in [0.15, 0.2) is 0 Å². The highest BCUT2D eigenvalue weighted by Crippen LogP contribution is 2.38. The molecule has 0 amide bonds. The average Bonchev–Trinajstić information content (AvgIpc) is 2.56. The van der Waals surface area contributed by atoms with Gasteiger partial charge < -0.3 is 5.01 Å². The maximum atomic E-state index is 11.5. The summed E-state index contributed by atoms with van der Waals surface area (Å²) in [6.45, 7) is 4.87. The number of hydrogen-bond donors (Lipinski definition) is 1. The van der Waals surface area contributed by atoms with Crippen molar-refractivity contribution >= 4 is 33.2 Å². The third-order valence-electron chi connectivity index (χ3n) is 4.09. The Labute approximate surface area is 140 Å². The Morgan fingerprint density at radius 1 is 1.17 bits per heavy atom. The van der Waals surface area contributed by atoms with Crippen LogP contribution in [0.15, 0.2) is 42.5 Å². The second-order valence-electron chi connectivity index (χ2n) is 6.28. The lowest BCUT2D eigenvalue weighted by molar-refractivity contribution is -0.383. The van der Waals surface area contributed by atoms with Gasteiger partial charge in [-0.15, -0.1) is 0 Å². The summed E-state index contributed by atoms with van der Waals surface area (Å²) in [5.74, 6) is 6.82. The van der Waals surface area contributed by atoms with E-state index in [-0.39, 0.29) is 10.6 Å². The monoisotopic (exact) mass is 324 g/mol. The summed E-state index contributed by atoms with van der Waals surface area (Å²) in [4.78, 5) is 15.7. The van der Waals surface area contributed by atoms with Gasteiger partial charge in [0.2, 0.25) is 0 Å². The minimum atomic E-state index is -0.376. The topological polar surface area (TPSA) is 85.3 Å². The molecule has 0 bridgehead atoms. The highest BCUT2D eigenvalue weighted by atomic mass is 16.6. The molecule has 2 aromatic carbocycles. The van der Waals surface area contributed by atoms with Gasteiger partial charge in [0.05, 0.1) is 21.6 Å². The van der Waals surface area contributed by atoms with Crippen LogP contribution in [-0.2, 0) is 0 Å². The van der Waals surface area contributed by atoms with Crippen molar-refractivity contribution in [2.75, 3.05) is 11.6 Å². The molecule has 3 aromatic rings. The van der Waals surface area contributed by atoms with Crippen LogP contribution >= 0.6 is 0 Å². The average molecular weight is 324 g/mol. The van der Waals surface area contributed by atoms with E-state index in [0.717, 1.165) is 17.3 Å². The van der Waals surface area contributed by atoms with Gasteiger partial charge in [-0.25, -0.2) is 10.8 Å². The molecule has 0 aliphatic rings. The minimum Gasteiger partial charge on any atom is -0.309 e. The number of benzene rings is 2. The highest BCUT2D eigenvalue weighted by Gasteiger charge is 2.21. The number of aromatic nitrogens is 1. The fourth-order valence-electron chi connectivity index (χ4n) is 2.86. The Balaban J connectivity index is 2.33. The zero-order valence-corrected chi connectivity index (χ0v) is 13.8. The van der Waals surface area contributed by atoms with Gasteiger partial charge in [0, 0.05) is 18.0 Å². The van der Waals surface area contributed by atoms with Crippen LogP contribution < -0.4 is 10.9 Å². The number of non-ortho nitro benzene ring substituents is 1. The molecule has 1 heterocycles. The molecule has 0 atom stereocenters. The van der Waals surface area contributed by atoms with Crippen LogP contribution in [0.3, 0.4) is 0 Å². The molecule has 2 N–H and O–H groups in total. The van der Waals surface area contributed by atoms with Crippen LogP contribution in [0.5, 0.6) is 0 Å². The Morgan fingerprint density at radius 3 is 2.58 bits per heavy atom. The lowest BCUT2D eigenvalue weighted by atomic mass is 10.0. The lowest BCUT2D eigenvalue weighted by Crippen LogP contribution is -2.33. The maximum absolute atomic E-state index is 11.5. The fraction of sp³-hybridized carbons (Fsp3) is 0.278. The zero-order chi connectivity index (χ0) is 17.3. The number of fused-ring (bicyclic) bond motifs is 2. The van der Waals surface area contributed by atoms with Crippen molar-refractivity contribution in [1.29, 1.82) is 0 Å². The highest BCUT2D eigenvalue weighted by molar-refractivity contribution is 6.11. The number of pyridine rings is 1. The molecule has 6 nitrogen and oxygen atoms in total. The number of anilines is 1. The molecule has 0 spiro atoms. The first-order chi connectivity index (χ1) is 11.5. The van der Waals surface area contributed by atoms with Crippen molar-refractivity contribution in [2.45, 2.75) is 20.3 Å². The molecule has 24 heavy (non-hydrogen) atoms. The van der Waals surface area contributed by atoms with Gasteiger partial charge in [-0.1, -0.05) is 38.1 Å². The van der Waals surface area contributed by atoms with Gasteiger partial charge in [-0.05, 0) is 24.5 Å². The third-order valence-corrected chi connectivity index (χ3v) is 4.09. The summed E-state index contributed by atoms with van der Waals surface area (Å²) in [6, 6.07) is 12.5. The summed E-state index contributed by atoms with van der Waals surface area (Å²) in [5.41, 5.74) is 2.06. The molecule has 0 aliphatic heterocycles. The van der Waals surface area contributed by atoms with Crippen LogP contribution in [0.1, 0.15) is 20.3 Å². The molecule has 6 heteroatoms. The van der Waals surface area contributed by atoms with Crippen LogP contribution in [0, 0.1) is 16.0 Å². The van der Waals surface area contributed by atoms with E-state index in [9.17, 15) is 10.1 Å². The molecule has 0 radical (unpaired) electrons. The summed E-state index contributed by atoms with van der Waals surface area (Å²) >= 11 is 0. The predicted octanol–water partition coefficient (Wildman–Crippen LogP) is 4.02. The van der Waals surface area contributed by atoms with Gasteiger partial charge in [-0.2, -0.15) is 0 Å². The number of nitrogens with two attached hydrogens (primary N) is 1. The van der Waals surface area contributed by atoms with E-state index in [0.29, 0.717) is 29.1 Å². The normalized spacial score (nSPS) is 11.3. The number of nitrogens with zero attached hydrogens (tertiary/aromatic N) is 3. The quantitative estimate of drug-likeness (QED) is 0.331. The van der Waals surface area contributed by atoms with Gasteiger partial charge in [-0.3, -0.25) is 10.1 Å². The first-order valence-electron chi connectivity index (χ1n) is 7.97. The SMILES string of the molecule is CC(C)CCN(N)c1c2ccccc2nc2cccc([N+](=O)[O-])c12. The van der Waals surface area contributed by atoms with Crippen molar-refractivity contribution in [3.63, 3.8) is 0 Å². The molecular formula is C18H20N4O2. The Kier molecular flexibility index (Phi) is 4.31. The smallest absolute Gasteiger partial charge is 0.280 e. The molecule has 0 unspecified atom stereocenters. The van der Waals surface area contributed by atoms with Crippen LogP contribution in [0.25, 0.3) is 21.8 Å². The summed E-state index contributed by atoms with van der Waals surface area (Å²) in [5, 5.41) is 14.5. The number of para-hydroxylation sites is 1.